The van der Waals surface area contributed by atoms with Crippen molar-refractivity contribution in [2.45, 2.75) is 0 Å². The number of hydrogen-bond acceptors (Lipinski definition) is 8. The van der Waals surface area contributed by atoms with Gasteiger partial charge in [-0.25, -0.2) is 10.1 Å². The Balaban J connectivity index is 1.67. The molecule has 10 nitrogen and oxygen atoms in total. The quantitative estimate of drug-likeness (QED) is 0.381. The van der Waals surface area contributed by atoms with E-state index in [2.05, 4.69) is 35.8 Å². The summed E-state index contributed by atoms with van der Waals surface area (Å²) in [6.07, 6.45) is 1.47. The Morgan fingerprint density at radius 2 is 2.00 bits per heavy atom. The number of amides is 1. The van der Waals surface area contributed by atoms with Gasteiger partial charge in [0, 0.05) is 10.6 Å². The summed E-state index contributed by atoms with van der Waals surface area (Å²) in [5.41, 5.74) is 9.99. The lowest BCUT2D eigenvalue weighted by atomic mass is 10.1. The molecule has 0 fully saturated rings. The highest BCUT2D eigenvalue weighted by atomic mass is 35.5. The molecule has 144 valence electrons. The molecule has 4 aromatic rings. The first-order valence-corrected chi connectivity index (χ1v) is 8.70. The molecule has 0 saturated heterocycles. The first kappa shape index (κ1) is 18.3. The van der Waals surface area contributed by atoms with Crippen LogP contribution in [-0.2, 0) is 0 Å². The van der Waals surface area contributed by atoms with E-state index in [1.165, 1.54) is 10.9 Å². The van der Waals surface area contributed by atoms with Crippen LogP contribution < -0.4 is 11.2 Å². The molecule has 0 aliphatic rings. The third kappa shape index (κ3) is 3.82. The standard InChI is InChI=1S/C18H13ClN8O2/c19-13-8-4-5-11(9-13)10-21-23-18(28)14-15(12-6-2-1-3-7-12)27(26-22-14)17-16(20)24-29-25-17/h1-10H,(H2,20,24)(H,23,28). The highest BCUT2D eigenvalue weighted by molar-refractivity contribution is 6.30. The smallest absolute Gasteiger partial charge is 0.294 e. The van der Waals surface area contributed by atoms with Crippen LogP contribution in [0.4, 0.5) is 5.82 Å². The predicted octanol–water partition coefficient (Wildman–Crippen LogP) is 2.32. The molecule has 0 atom stereocenters. The fraction of sp³-hybridized carbons (Fsp3) is 0. The van der Waals surface area contributed by atoms with Crippen LogP contribution in [0.15, 0.2) is 64.3 Å². The second-order valence-corrected chi connectivity index (χ2v) is 6.23. The minimum atomic E-state index is -0.566. The van der Waals surface area contributed by atoms with Crippen molar-refractivity contribution >= 4 is 29.5 Å². The van der Waals surface area contributed by atoms with Crippen molar-refractivity contribution in [3.63, 3.8) is 0 Å². The topological polar surface area (TPSA) is 137 Å². The van der Waals surface area contributed by atoms with E-state index in [1.54, 1.807) is 36.4 Å². The van der Waals surface area contributed by atoms with Crippen molar-refractivity contribution in [3.8, 4) is 17.1 Å². The van der Waals surface area contributed by atoms with Gasteiger partial charge in [-0.15, -0.1) is 5.10 Å². The molecule has 0 bridgehead atoms. The van der Waals surface area contributed by atoms with Crippen molar-refractivity contribution in [3.05, 3.63) is 70.9 Å². The Labute approximate surface area is 168 Å². The summed E-state index contributed by atoms with van der Waals surface area (Å²) in [5, 5.41) is 19.7. The first-order chi connectivity index (χ1) is 14.1. The van der Waals surface area contributed by atoms with Crippen molar-refractivity contribution in [1.82, 2.24) is 30.7 Å². The van der Waals surface area contributed by atoms with E-state index in [1.807, 2.05) is 18.2 Å². The van der Waals surface area contributed by atoms with E-state index in [4.69, 9.17) is 17.3 Å². The highest BCUT2D eigenvalue weighted by Gasteiger charge is 2.24. The van der Waals surface area contributed by atoms with Gasteiger partial charge in [-0.3, -0.25) is 4.79 Å². The Bertz CT molecular complexity index is 1190. The van der Waals surface area contributed by atoms with Crippen molar-refractivity contribution in [2.24, 2.45) is 5.10 Å². The van der Waals surface area contributed by atoms with Gasteiger partial charge in [0.15, 0.2) is 5.69 Å². The Morgan fingerprint density at radius 3 is 2.72 bits per heavy atom. The van der Waals surface area contributed by atoms with E-state index in [-0.39, 0.29) is 17.3 Å². The van der Waals surface area contributed by atoms with Gasteiger partial charge >= 0.3 is 0 Å². The van der Waals surface area contributed by atoms with E-state index in [9.17, 15) is 4.79 Å². The number of hydrazone groups is 1. The summed E-state index contributed by atoms with van der Waals surface area (Å²) < 4.78 is 5.92. The lowest BCUT2D eigenvalue weighted by molar-refractivity contribution is 0.0950. The normalized spacial score (nSPS) is 11.1. The molecule has 11 heteroatoms. The van der Waals surface area contributed by atoms with Crippen LogP contribution in [0.2, 0.25) is 5.02 Å². The molecule has 2 heterocycles. The van der Waals surface area contributed by atoms with Crippen LogP contribution in [0.1, 0.15) is 16.1 Å². The molecule has 0 saturated carbocycles. The monoisotopic (exact) mass is 408 g/mol. The van der Waals surface area contributed by atoms with Gasteiger partial charge in [-0.1, -0.05) is 59.3 Å². The maximum atomic E-state index is 12.7. The third-order valence-corrected chi connectivity index (χ3v) is 4.09. The molecule has 0 spiro atoms. The van der Waals surface area contributed by atoms with Crippen molar-refractivity contribution in [2.75, 3.05) is 5.73 Å². The summed E-state index contributed by atoms with van der Waals surface area (Å²) >= 11 is 5.94. The maximum absolute atomic E-state index is 12.7. The SMILES string of the molecule is Nc1nonc1-n1nnc(C(=O)NN=Cc2cccc(Cl)c2)c1-c1ccccc1. The first-order valence-electron chi connectivity index (χ1n) is 8.32. The molecule has 0 radical (unpaired) electrons. The van der Waals surface area contributed by atoms with Crippen molar-refractivity contribution < 1.29 is 9.42 Å². The van der Waals surface area contributed by atoms with E-state index in [0.717, 1.165) is 5.56 Å². The van der Waals surface area contributed by atoms with Crippen LogP contribution in [0, 0.1) is 0 Å². The van der Waals surface area contributed by atoms with Gasteiger partial charge in [-0.05, 0) is 28.0 Å². The fourth-order valence-electron chi connectivity index (χ4n) is 2.58. The van der Waals surface area contributed by atoms with E-state index < -0.39 is 5.91 Å². The largest absolute Gasteiger partial charge is 0.378 e. The predicted molar refractivity (Wildman–Crippen MR) is 106 cm³/mol. The molecule has 0 aliphatic heterocycles. The molecule has 1 amide bonds. The average molecular weight is 409 g/mol. The second-order valence-electron chi connectivity index (χ2n) is 5.79. The Morgan fingerprint density at radius 1 is 1.17 bits per heavy atom. The van der Waals surface area contributed by atoms with Crippen molar-refractivity contribution in [1.29, 1.82) is 0 Å². The van der Waals surface area contributed by atoms with Crippen LogP contribution in [0.25, 0.3) is 17.1 Å². The van der Waals surface area contributed by atoms with E-state index in [0.29, 0.717) is 16.3 Å². The average Bonchev–Trinajstić information content (AvgIpc) is 3.34. The molecule has 2 aromatic heterocycles. The van der Waals surface area contributed by atoms with Gasteiger partial charge in [0.2, 0.25) is 11.6 Å². The number of anilines is 1. The van der Waals surface area contributed by atoms with Gasteiger partial charge in [0.1, 0.15) is 5.69 Å². The minimum absolute atomic E-state index is 0.0121. The molecule has 0 aliphatic carbocycles. The van der Waals surface area contributed by atoms with Crippen LogP contribution in [0.3, 0.4) is 0 Å². The minimum Gasteiger partial charge on any atom is -0.378 e. The second kappa shape index (κ2) is 7.90. The number of nitrogens with one attached hydrogen (secondary N) is 1. The van der Waals surface area contributed by atoms with Crippen LogP contribution >= 0.6 is 11.6 Å². The summed E-state index contributed by atoms with van der Waals surface area (Å²) in [6.45, 7) is 0. The molecule has 2 aromatic carbocycles. The number of carbonyl (C=O) groups excluding carboxylic acids is 1. The summed E-state index contributed by atoms with van der Waals surface area (Å²) in [4.78, 5) is 12.7. The number of hydrogen-bond donors (Lipinski definition) is 2. The molecular formula is C18H13ClN8O2. The Hall–Kier alpha value is -4.05. The summed E-state index contributed by atoms with van der Waals surface area (Å²) in [6, 6.07) is 16.1. The zero-order chi connectivity index (χ0) is 20.2. The maximum Gasteiger partial charge on any atom is 0.294 e. The number of nitrogen functional groups attached to an aromatic ring is 1. The number of carbonyl (C=O) groups is 1. The zero-order valence-corrected chi connectivity index (χ0v) is 15.5. The van der Waals surface area contributed by atoms with Gasteiger partial charge in [0.25, 0.3) is 5.91 Å². The van der Waals surface area contributed by atoms with Gasteiger partial charge in [-0.2, -0.15) is 9.78 Å². The molecule has 29 heavy (non-hydrogen) atoms. The number of nitrogens with zero attached hydrogens (tertiary/aromatic N) is 6. The number of nitrogens with two attached hydrogens (primary N) is 1. The number of benzene rings is 2. The molecule has 4 rings (SSSR count). The number of halogens is 1. The molecular weight excluding hydrogens is 396 g/mol. The van der Waals surface area contributed by atoms with Crippen LogP contribution in [-0.4, -0.2) is 37.4 Å². The van der Waals surface area contributed by atoms with Gasteiger partial charge < -0.3 is 5.73 Å². The van der Waals surface area contributed by atoms with Gasteiger partial charge in [0.05, 0.1) is 6.21 Å². The summed E-state index contributed by atoms with van der Waals surface area (Å²) in [5.74, 6) is -0.431. The lowest BCUT2D eigenvalue weighted by Gasteiger charge is -2.05. The van der Waals surface area contributed by atoms with E-state index >= 15 is 0 Å². The summed E-state index contributed by atoms with van der Waals surface area (Å²) in [7, 11) is 0. The molecule has 3 N–H and O–H groups in total. The van der Waals surface area contributed by atoms with Crippen LogP contribution in [0.5, 0.6) is 0 Å². The third-order valence-electron chi connectivity index (χ3n) is 3.86. The molecule has 0 unspecified atom stereocenters. The Kier molecular flexibility index (Phi) is 4.99. The lowest BCUT2D eigenvalue weighted by Crippen LogP contribution is -2.19. The number of aromatic nitrogens is 5. The zero-order valence-electron chi connectivity index (χ0n) is 14.7. The fourth-order valence-corrected chi connectivity index (χ4v) is 2.78. The highest BCUT2D eigenvalue weighted by Crippen LogP contribution is 2.26. The number of rotatable bonds is 5.